The van der Waals surface area contributed by atoms with E-state index >= 15 is 0 Å². The van der Waals surface area contributed by atoms with Gasteiger partial charge < -0.3 is 4.74 Å². The lowest BCUT2D eigenvalue weighted by atomic mass is 10.0. The van der Waals surface area contributed by atoms with Crippen LogP contribution in [0.1, 0.15) is 31.8 Å². The number of benzene rings is 2. The Labute approximate surface area is 138 Å². The quantitative estimate of drug-likeness (QED) is 0.644. The highest BCUT2D eigenvalue weighted by molar-refractivity contribution is 6.21. The molecule has 0 spiro atoms. The molecule has 5 heteroatoms. The Morgan fingerprint density at radius 2 is 1.71 bits per heavy atom. The molecule has 0 saturated carbocycles. The maximum absolute atomic E-state index is 12.5. The Hall–Kier alpha value is -3.21. The molecule has 0 unspecified atom stereocenters. The minimum atomic E-state index is -0.301. The first-order valence-corrected chi connectivity index (χ1v) is 7.54. The second-order valence-electron chi connectivity index (χ2n) is 5.70. The molecule has 2 amide bonds. The average molecular weight is 319 g/mol. The van der Waals surface area contributed by atoms with Crippen LogP contribution in [0.15, 0.2) is 48.0 Å². The van der Waals surface area contributed by atoms with E-state index in [4.69, 9.17) is 4.74 Å². The third-order valence-electron chi connectivity index (χ3n) is 4.24. The Morgan fingerprint density at radius 1 is 1.00 bits per heavy atom. The number of imide groups is 1. The zero-order valence-corrected chi connectivity index (χ0v) is 12.7. The lowest BCUT2D eigenvalue weighted by Crippen LogP contribution is -2.29. The van der Waals surface area contributed by atoms with Crippen LogP contribution in [0.4, 0.5) is 0 Å². The Kier molecular flexibility index (Phi) is 3.27. The van der Waals surface area contributed by atoms with E-state index in [2.05, 4.69) is 0 Å². The topological polar surface area (TPSA) is 63.7 Å². The molecule has 0 N–H and O–H groups in total. The van der Waals surface area contributed by atoms with Crippen molar-refractivity contribution in [1.82, 2.24) is 4.90 Å². The Bertz CT molecular complexity index is 878. The molecular weight excluding hydrogens is 306 g/mol. The molecule has 0 fully saturated rings. The Morgan fingerprint density at radius 3 is 2.38 bits per heavy atom. The number of hydrogen-bond donors (Lipinski definition) is 0. The number of carbonyl (C=O) groups excluding carboxylic acids is 3. The fourth-order valence-electron chi connectivity index (χ4n) is 3.03. The van der Waals surface area contributed by atoms with E-state index < -0.39 is 0 Å². The van der Waals surface area contributed by atoms with Crippen LogP contribution in [-0.4, -0.2) is 29.6 Å². The normalized spacial score (nSPS) is 15.5. The van der Waals surface area contributed by atoms with Gasteiger partial charge in [0.15, 0.2) is 0 Å². The van der Waals surface area contributed by atoms with E-state index in [1.165, 1.54) is 4.90 Å². The first-order valence-electron chi connectivity index (χ1n) is 7.54. The molecule has 0 saturated heterocycles. The van der Waals surface area contributed by atoms with Gasteiger partial charge in [0.1, 0.15) is 18.6 Å². The molecule has 2 aliphatic rings. The molecule has 2 aromatic rings. The molecule has 5 nitrogen and oxygen atoms in total. The van der Waals surface area contributed by atoms with Crippen LogP contribution in [0.5, 0.6) is 5.75 Å². The summed E-state index contributed by atoms with van der Waals surface area (Å²) >= 11 is 0. The van der Waals surface area contributed by atoms with Crippen molar-refractivity contribution >= 4 is 24.2 Å². The molecule has 0 aromatic heterocycles. The first-order chi connectivity index (χ1) is 11.7. The predicted molar refractivity (Wildman–Crippen MR) is 86.6 cm³/mol. The van der Waals surface area contributed by atoms with E-state index in [0.29, 0.717) is 22.4 Å². The fraction of sp³-hybridized carbons (Fsp3) is 0.105. The number of carbonyl (C=O) groups is 3. The number of rotatable bonds is 3. The predicted octanol–water partition coefficient (Wildman–Crippen LogP) is 2.46. The first kappa shape index (κ1) is 14.4. The van der Waals surface area contributed by atoms with Gasteiger partial charge in [-0.3, -0.25) is 19.3 Å². The molecule has 0 aliphatic carbocycles. The highest BCUT2D eigenvalue weighted by Gasteiger charge is 2.35. The molecule has 2 aromatic carbocycles. The van der Waals surface area contributed by atoms with Crippen LogP contribution in [0, 0.1) is 0 Å². The molecule has 4 rings (SSSR count). The van der Waals surface area contributed by atoms with E-state index in [1.54, 1.807) is 36.4 Å². The van der Waals surface area contributed by atoms with Gasteiger partial charge in [0, 0.05) is 11.1 Å². The third kappa shape index (κ3) is 2.13. The smallest absolute Gasteiger partial charge is 0.261 e. The van der Waals surface area contributed by atoms with Crippen molar-refractivity contribution in [1.29, 1.82) is 0 Å². The van der Waals surface area contributed by atoms with E-state index in [0.717, 1.165) is 17.4 Å². The Balaban J connectivity index is 1.72. The van der Waals surface area contributed by atoms with Gasteiger partial charge in [-0.2, -0.15) is 0 Å². The summed E-state index contributed by atoms with van der Waals surface area (Å²) in [5.74, 6) is 0.0451. The monoisotopic (exact) mass is 319 g/mol. The van der Waals surface area contributed by atoms with Gasteiger partial charge in [-0.25, -0.2) is 0 Å². The van der Waals surface area contributed by atoms with Gasteiger partial charge in [0.05, 0.1) is 17.7 Å². The molecule has 0 radical (unpaired) electrons. The molecular formula is C19H13NO4. The number of ether oxygens (including phenoxy) is 1. The summed E-state index contributed by atoms with van der Waals surface area (Å²) in [5.41, 5.74) is 2.88. The van der Waals surface area contributed by atoms with Gasteiger partial charge in [-0.1, -0.05) is 24.3 Å². The third-order valence-corrected chi connectivity index (χ3v) is 4.24. The standard InChI is InChI=1S/C19H13NO4/c21-10-12-8-16-13(4-3-7-17(16)24-11-12)9-20-18(22)14-5-1-2-6-15(14)19(20)23/h1-8,10H,9,11H2. The highest BCUT2D eigenvalue weighted by atomic mass is 16.5. The van der Waals surface area contributed by atoms with Gasteiger partial charge in [-0.15, -0.1) is 0 Å². The fourth-order valence-corrected chi connectivity index (χ4v) is 3.03. The number of nitrogens with zero attached hydrogens (tertiary/aromatic N) is 1. The van der Waals surface area contributed by atoms with Gasteiger partial charge in [-0.05, 0) is 29.8 Å². The number of hydrogen-bond acceptors (Lipinski definition) is 4. The summed E-state index contributed by atoms with van der Waals surface area (Å²) in [6.07, 6.45) is 2.50. The summed E-state index contributed by atoms with van der Waals surface area (Å²) < 4.78 is 5.56. The SMILES string of the molecule is O=CC1=Cc2c(CN3C(=O)c4ccccc4C3=O)cccc2OC1. The number of aldehydes is 1. The zero-order valence-electron chi connectivity index (χ0n) is 12.7. The van der Waals surface area contributed by atoms with Crippen molar-refractivity contribution in [3.05, 3.63) is 70.3 Å². The van der Waals surface area contributed by atoms with Crippen molar-refractivity contribution < 1.29 is 19.1 Å². The highest BCUT2D eigenvalue weighted by Crippen LogP contribution is 2.31. The van der Waals surface area contributed by atoms with Crippen LogP contribution < -0.4 is 4.74 Å². The van der Waals surface area contributed by atoms with E-state index in [-0.39, 0.29) is 25.0 Å². The van der Waals surface area contributed by atoms with E-state index in [9.17, 15) is 14.4 Å². The summed E-state index contributed by atoms with van der Waals surface area (Å²) in [7, 11) is 0. The molecule has 0 atom stereocenters. The molecule has 2 heterocycles. The van der Waals surface area contributed by atoms with Crippen molar-refractivity contribution in [3.8, 4) is 5.75 Å². The van der Waals surface area contributed by atoms with Gasteiger partial charge in [0.25, 0.3) is 11.8 Å². The summed E-state index contributed by atoms with van der Waals surface area (Å²) in [6, 6.07) is 12.2. The summed E-state index contributed by atoms with van der Waals surface area (Å²) in [4.78, 5) is 37.2. The minimum absolute atomic E-state index is 0.140. The van der Waals surface area contributed by atoms with Gasteiger partial charge in [0.2, 0.25) is 0 Å². The lowest BCUT2D eigenvalue weighted by Gasteiger charge is -2.20. The second kappa shape index (κ2) is 5.45. The van der Waals surface area contributed by atoms with Crippen LogP contribution >= 0.6 is 0 Å². The molecule has 24 heavy (non-hydrogen) atoms. The summed E-state index contributed by atoms with van der Waals surface area (Å²) in [6.45, 7) is 0.370. The molecule has 2 aliphatic heterocycles. The molecule has 118 valence electrons. The molecule has 0 bridgehead atoms. The van der Waals surface area contributed by atoms with Crippen molar-refractivity contribution in [2.24, 2.45) is 0 Å². The average Bonchev–Trinajstić information content (AvgIpc) is 2.87. The van der Waals surface area contributed by atoms with Crippen molar-refractivity contribution in [3.63, 3.8) is 0 Å². The number of amides is 2. The zero-order chi connectivity index (χ0) is 16.7. The second-order valence-corrected chi connectivity index (χ2v) is 5.70. The number of fused-ring (bicyclic) bond motifs is 2. The van der Waals surface area contributed by atoms with Crippen molar-refractivity contribution in [2.45, 2.75) is 6.54 Å². The van der Waals surface area contributed by atoms with Gasteiger partial charge >= 0.3 is 0 Å². The largest absolute Gasteiger partial charge is 0.488 e. The van der Waals surface area contributed by atoms with Crippen LogP contribution in [0.2, 0.25) is 0 Å². The van der Waals surface area contributed by atoms with Crippen LogP contribution in [-0.2, 0) is 11.3 Å². The van der Waals surface area contributed by atoms with Crippen LogP contribution in [0.3, 0.4) is 0 Å². The lowest BCUT2D eigenvalue weighted by molar-refractivity contribution is -0.105. The maximum Gasteiger partial charge on any atom is 0.261 e. The summed E-state index contributed by atoms with van der Waals surface area (Å²) in [5, 5.41) is 0. The maximum atomic E-state index is 12.5. The minimum Gasteiger partial charge on any atom is -0.488 e. The van der Waals surface area contributed by atoms with Crippen LogP contribution in [0.25, 0.3) is 6.08 Å². The van der Waals surface area contributed by atoms with Crippen molar-refractivity contribution in [2.75, 3.05) is 6.61 Å². The van der Waals surface area contributed by atoms with E-state index in [1.807, 2.05) is 12.1 Å².